The number of hydrogen-bond acceptors (Lipinski definition) is 2. The Morgan fingerprint density at radius 3 is 2.42 bits per heavy atom. The van der Waals surface area contributed by atoms with Crippen LogP contribution in [0.4, 0.5) is 5.69 Å². The third-order valence-electron chi connectivity index (χ3n) is 6.22. The highest BCUT2D eigenvalue weighted by Crippen LogP contribution is 2.50. The Hall–Kier alpha value is -2.04. The Bertz CT molecular complexity index is 941. The number of anilines is 1. The van der Waals surface area contributed by atoms with E-state index in [1.807, 2.05) is 43.3 Å². The fourth-order valence-electron chi connectivity index (χ4n) is 4.90. The van der Waals surface area contributed by atoms with Gasteiger partial charge in [-0.3, -0.25) is 9.59 Å². The number of nitrogens with one attached hydrogen (secondary N) is 2. The molecule has 2 aromatic rings. The average molecular weight is 461 g/mol. The van der Waals surface area contributed by atoms with Crippen LogP contribution in [0.3, 0.4) is 0 Å². The van der Waals surface area contributed by atoms with Gasteiger partial charge in [0.25, 0.3) is 0 Å². The lowest BCUT2D eigenvalue weighted by atomic mass is 9.63. The molecule has 1 fully saturated rings. The molecule has 2 amide bonds. The smallest absolute Gasteiger partial charge is 0.235 e. The average Bonchev–Trinajstić information content (AvgIpc) is 3.00. The SMILES string of the molecule is CCNC(C)=O.O=C1Nc2cc(Cl)ccc2C1(Cc1cccc(Cl)c1)C1CCCCC1. The highest BCUT2D eigenvalue weighted by Gasteiger charge is 2.52. The zero-order valence-corrected chi connectivity index (χ0v) is 19.7. The standard InChI is InChI=1S/C21H21Cl2NO.C4H9NO/c22-16-8-4-5-14(11-16)13-21(15-6-2-1-3-7-15)18-10-9-17(23)12-19(18)24-20(21)25;1-3-5-4(2)6/h4-5,8-12,15H,1-3,6-7,13H2,(H,24,25);3H2,1-2H3,(H,5,6). The van der Waals surface area contributed by atoms with E-state index >= 15 is 0 Å². The lowest BCUT2D eigenvalue weighted by Gasteiger charge is -2.38. The summed E-state index contributed by atoms with van der Waals surface area (Å²) in [5, 5.41) is 7.04. The van der Waals surface area contributed by atoms with Gasteiger partial charge in [-0.2, -0.15) is 0 Å². The van der Waals surface area contributed by atoms with Crippen molar-refractivity contribution in [3.05, 3.63) is 63.6 Å². The van der Waals surface area contributed by atoms with Crippen LogP contribution < -0.4 is 10.6 Å². The topological polar surface area (TPSA) is 58.2 Å². The van der Waals surface area contributed by atoms with E-state index in [0.29, 0.717) is 22.4 Å². The second-order valence-electron chi connectivity index (χ2n) is 8.34. The molecule has 2 aromatic carbocycles. The minimum absolute atomic E-state index is 0.0394. The molecule has 0 spiro atoms. The van der Waals surface area contributed by atoms with E-state index in [2.05, 4.69) is 16.7 Å². The summed E-state index contributed by atoms with van der Waals surface area (Å²) in [5.41, 5.74) is 2.54. The molecule has 1 saturated carbocycles. The van der Waals surface area contributed by atoms with E-state index in [1.54, 1.807) is 0 Å². The molecule has 1 aliphatic carbocycles. The molecule has 2 N–H and O–H groups in total. The molecule has 4 rings (SSSR count). The Morgan fingerprint density at radius 1 is 1.10 bits per heavy atom. The molecule has 1 unspecified atom stereocenters. The van der Waals surface area contributed by atoms with Crippen molar-refractivity contribution in [2.45, 2.75) is 57.8 Å². The van der Waals surface area contributed by atoms with Gasteiger partial charge in [0.2, 0.25) is 11.8 Å². The number of carbonyl (C=O) groups excluding carboxylic acids is 2. The molecule has 0 bridgehead atoms. The van der Waals surface area contributed by atoms with Crippen LogP contribution in [0.15, 0.2) is 42.5 Å². The van der Waals surface area contributed by atoms with Gasteiger partial charge in [-0.25, -0.2) is 0 Å². The monoisotopic (exact) mass is 460 g/mol. The maximum atomic E-state index is 13.3. The number of carbonyl (C=O) groups is 2. The predicted octanol–water partition coefficient (Wildman–Crippen LogP) is 6.15. The first-order valence-electron chi connectivity index (χ1n) is 11.0. The zero-order valence-electron chi connectivity index (χ0n) is 18.1. The third-order valence-corrected chi connectivity index (χ3v) is 6.69. The van der Waals surface area contributed by atoms with E-state index in [1.165, 1.54) is 26.2 Å². The van der Waals surface area contributed by atoms with Crippen molar-refractivity contribution in [3.8, 4) is 0 Å². The van der Waals surface area contributed by atoms with Crippen LogP contribution in [0.1, 0.15) is 57.1 Å². The van der Waals surface area contributed by atoms with Crippen LogP contribution in [0.2, 0.25) is 10.0 Å². The lowest BCUT2D eigenvalue weighted by Crippen LogP contribution is -2.44. The van der Waals surface area contributed by atoms with Gasteiger partial charge in [0, 0.05) is 29.2 Å². The van der Waals surface area contributed by atoms with Crippen molar-refractivity contribution in [1.82, 2.24) is 5.32 Å². The maximum absolute atomic E-state index is 13.3. The summed E-state index contributed by atoms with van der Waals surface area (Å²) >= 11 is 12.4. The zero-order chi connectivity index (χ0) is 22.4. The summed E-state index contributed by atoms with van der Waals surface area (Å²) in [4.78, 5) is 23.2. The highest BCUT2D eigenvalue weighted by atomic mass is 35.5. The largest absolute Gasteiger partial charge is 0.357 e. The molecule has 1 atom stereocenters. The molecule has 0 aromatic heterocycles. The van der Waals surface area contributed by atoms with Gasteiger partial charge in [0.1, 0.15) is 0 Å². The van der Waals surface area contributed by atoms with Crippen molar-refractivity contribution in [2.24, 2.45) is 5.92 Å². The molecule has 0 saturated heterocycles. The van der Waals surface area contributed by atoms with Crippen molar-refractivity contribution < 1.29 is 9.59 Å². The first-order chi connectivity index (χ1) is 14.9. The molecule has 2 aliphatic rings. The quantitative estimate of drug-likeness (QED) is 0.574. The van der Waals surface area contributed by atoms with Crippen molar-refractivity contribution in [2.75, 3.05) is 11.9 Å². The predicted molar refractivity (Wildman–Crippen MR) is 128 cm³/mol. The van der Waals surface area contributed by atoms with Gasteiger partial charge in [0.05, 0.1) is 5.41 Å². The van der Waals surface area contributed by atoms with Gasteiger partial charge in [-0.15, -0.1) is 0 Å². The number of halogens is 2. The van der Waals surface area contributed by atoms with E-state index in [4.69, 9.17) is 23.2 Å². The number of hydrogen-bond donors (Lipinski definition) is 2. The van der Waals surface area contributed by atoms with Gasteiger partial charge < -0.3 is 10.6 Å². The maximum Gasteiger partial charge on any atom is 0.235 e. The molecule has 6 heteroatoms. The summed E-state index contributed by atoms with van der Waals surface area (Å²) in [5.74, 6) is 0.497. The minimum atomic E-state index is -0.523. The van der Waals surface area contributed by atoms with Crippen molar-refractivity contribution >= 4 is 40.7 Å². The van der Waals surface area contributed by atoms with E-state index in [9.17, 15) is 9.59 Å². The van der Waals surface area contributed by atoms with E-state index in [-0.39, 0.29) is 11.8 Å². The van der Waals surface area contributed by atoms with Gasteiger partial charge in [-0.1, -0.05) is 60.7 Å². The van der Waals surface area contributed by atoms with Crippen LogP contribution in [-0.4, -0.2) is 18.4 Å². The third kappa shape index (κ3) is 5.42. The second kappa shape index (κ2) is 10.5. The number of benzene rings is 2. The number of fused-ring (bicyclic) bond motifs is 1. The van der Waals surface area contributed by atoms with Crippen LogP contribution in [0.5, 0.6) is 0 Å². The molecule has 0 radical (unpaired) electrons. The molecule has 4 nitrogen and oxygen atoms in total. The highest BCUT2D eigenvalue weighted by molar-refractivity contribution is 6.31. The number of rotatable bonds is 4. The molecule has 1 heterocycles. The molecule has 31 heavy (non-hydrogen) atoms. The molecule has 1 aliphatic heterocycles. The van der Waals surface area contributed by atoms with Crippen LogP contribution in [-0.2, 0) is 21.4 Å². The normalized spacial score (nSPS) is 20.3. The fraction of sp³-hybridized carbons (Fsp3) is 0.440. The lowest BCUT2D eigenvalue weighted by molar-refractivity contribution is -0.123. The van der Waals surface area contributed by atoms with E-state index in [0.717, 1.165) is 36.2 Å². The molecular formula is C25H30Cl2N2O2. The summed E-state index contributed by atoms with van der Waals surface area (Å²) < 4.78 is 0. The Balaban J connectivity index is 0.000000401. The van der Waals surface area contributed by atoms with Crippen LogP contribution in [0.25, 0.3) is 0 Å². The van der Waals surface area contributed by atoms with Crippen LogP contribution >= 0.6 is 23.2 Å². The minimum Gasteiger partial charge on any atom is -0.357 e. The van der Waals surface area contributed by atoms with Crippen molar-refractivity contribution in [3.63, 3.8) is 0 Å². The summed E-state index contributed by atoms with van der Waals surface area (Å²) in [7, 11) is 0. The van der Waals surface area contributed by atoms with Crippen molar-refractivity contribution in [1.29, 1.82) is 0 Å². The number of amides is 2. The Labute approximate surface area is 194 Å². The summed E-state index contributed by atoms with van der Waals surface area (Å²) in [6, 6.07) is 13.7. The summed E-state index contributed by atoms with van der Waals surface area (Å²) in [6.45, 7) is 4.13. The fourth-order valence-corrected chi connectivity index (χ4v) is 5.29. The molecular weight excluding hydrogens is 431 g/mol. The second-order valence-corrected chi connectivity index (χ2v) is 9.22. The first-order valence-corrected chi connectivity index (χ1v) is 11.7. The first kappa shape index (κ1) is 23.6. The van der Waals surface area contributed by atoms with Gasteiger partial charge in [0.15, 0.2) is 0 Å². The van der Waals surface area contributed by atoms with Crippen LogP contribution in [0, 0.1) is 5.92 Å². The van der Waals surface area contributed by atoms with E-state index < -0.39 is 5.41 Å². The van der Waals surface area contributed by atoms with Gasteiger partial charge in [-0.05, 0) is 67.5 Å². The Morgan fingerprint density at radius 2 is 1.81 bits per heavy atom. The Kier molecular flexibility index (Phi) is 8.01. The molecule has 166 valence electrons. The summed E-state index contributed by atoms with van der Waals surface area (Å²) in [6.07, 6.45) is 6.51. The van der Waals surface area contributed by atoms with Gasteiger partial charge >= 0.3 is 0 Å².